The number of rotatable bonds is 6. The molecule has 0 saturated carbocycles. The maximum Gasteiger partial charge on any atom is 0.224 e. The minimum absolute atomic E-state index is 0.152. The highest BCUT2D eigenvalue weighted by atomic mass is 19.1. The van der Waals surface area contributed by atoms with Gasteiger partial charge in [0.1, 0.15) is 11.6 Å². The van der Waals surface area contributed by atoms with E-state index < -0.39 is 11.6 Å². The average molecular weight is 320 g/mol. The van der Waals surface area contributed by atoms with Crippen LogP contribution in [0.25, 0.3) is 0 Å². The van der Waals surface area contributed by atoms with Crippen LogP contribution in [0.2, 0.25) is 0 Å². The number of aromatic nitrogens is 2. The molecular formula is C16H18F2N4O. The first-order chi connectivity index (χ1) is 10.9. The third-order valence-electron chi connectivity index (χ3n) is 3.05. The van der Waals surface area contributed by atoms with Gasteiger partial charge in [0.15, 0.2) is 0 Å². The van der Waals surface area contributed by atoms with E-state index >= 15 is 0 Å². The molecule has 0 unspecified atom stereocenters. The highest BCUT2D eigenvalue weighted by Crippen LogP contribution is 2.15. The van der Waals surface area contributed by atoms with Gasteiger partial charge in [0.2, 0.25) is 11.9 Å². The molecule has 0 fully saturated rings. The molecule has 0 atom stereocenters. The summed E-state index contributed by atoms with van der Waals surface area (Å²) in [5.41, 5.74) is 1.57. The van der Waals surface area contributed by atoms with Crippen LogP contribution in [0, 0.1) is 25.5 Å². The molecule has 0 bridgehead atoms. The number of amides is 1. The summed E-state index contributed by atoms with van der Waals surface area (Å²) in [4.78, 5) is 20.2. The Labute approximate surface area is 133 Å². The summed E-state index contributed by atoms with van der Waals surface area (Å²) in [6, 6.07) is 4.80. The van der Waals surface area contributed by atoms with Crippen LogP contribution in [-0.2, 0) is 4.79 Å². The lowest BCUT2D eigenvalue weighted by Crippen LogP contribution is -2.15. The Morgan fingerprint density at radius 2 is 1.83 bits per heavy atom. The third-order valence-corrected chi connectivity index (χ3v) is 3.05. The van der Waals surface area contributed by atoms with Crippen LogP contribution in [0.15, 0.2) is 24.3 Å². The van der Waals surface area contributed by atoms with Gasteiger partial charge < -0.3 is 10.6 Å². The van der Waals surface area contributed by atoms with Gasteiger partial charge in [-0.1, -0.05) is 0 Å². The molecule has 7 heteroatoms. The number of benzene rings is 1. The second kappa shape index (κ2) is 7.62. The summed E-state index contributed by atoms with van der Waals surface area (Å²) >= 11 is 0. The van der Waals surface area contributed by atoms with Crippen molar-refractivity contribution in [3.8, 4) is 0 Å². The van der Waals surface area contributed by atoms with Crippen LogP contribution in [0.3, 0.4) is 0 Å². The summed E-state index contributed by atoms with van der Waals surface area (Å²) in [7, 11) is 0. The largest absolute Gasteiger partial charge is 0.354 e. The number of carbonyl (C=O) groups is 1. The molecule has 1 heterocycles. The van der Waals surface area contributed by atoms with Crippen molar-refractivity contribution in [3.63, 3.8) is 0 Å². The minimum atomic E-state index is -0.665. The Balaban J connectivity index is 1.77. The molecule has 122 valence electrons. The summed E-state index contributed by atoms with van der Waals surface area (Å²) in [5, 5.41) is 5.38. The lowest BCUT2D eigenvalue weighted by Gasteiger charge is -2.08. The Morgan fingerprint density at radius 3 is 2.52 bits per heavy atom. The highest BCUT2D eigenvalue weighted by Gasteiger charge is 2.08. The summed E-state index contributed by atoms with van der Waals surface area (Å²) in [6.45, 7) is 4.25. The lowest BCUT2D eigenvalue weighted by atomic mass is 10.2. The molecule has 2 N–H and O–H groups in total. The Bertz CT molecular complexity index is 686. The quantitative estimate of drug-likeness (QED) is 0.802. The zero-order valence-corrected chi connectivity index (χ0v) is 13.0. The monoisotopic (exact) mass is 320 g/mol. The van der Waals surface area contributed by atoms with Gasteiger partial charge in [-0.05, 0) is 38.5 Å². The molecule has 0 aliphatic heterocycles. The number of nitrogens with zero attached hydrogens (tertiary/aromatic N) is 2. The predicted octanol–water partition coefficient (Wildman–Crippen LogP) is 3.20. The normalized spacial score (nSPS) is 10.4. The Morgan fingerprint density at radius 1 is 1.13 bits per heavy atom. The van der Waals surface area contributed by atoms with Crippen LogP contribution < -0.4 is 10.6 Å². The van der Waals surface area contributed by atoms with E-state index in [1.165, 1.54) is 0 Å². The molecule has 1 amide bonds. The Hall–Kier alpha value is -2.57. The molecule has 5 nitrogen and oxygen atoms in total. The van der Waals surface area contributed by atoms with Gasteiger partial charge in [-0.15, -0.1) is 0 Å². The summed E-state index contributed by atoms with van der Waals surface area (Å²) in [6.07, 6.45) is 0.687. The van der Waals surface area contributed by atoms with Gasteiger partial charge in [-0.25, -0.2) is 18.7 Å². The van der Waals surface area contributed by atoms with Crippen LogP contribution >= 0.6 is 0 Å². The maximum atomic E-state index is 13.4. The number of carbonyl (C=O) groups excluding carboxylic acids is 1. The molecule has 0 aliphatic rings. The van der Waals surface area contributed by atoms with Crippen LogP contribution in [0.5, 0.6) is 0 Å². The molecule has 2 aromatic rings. The molecule has 1 aromatic heterocycles. The van der Waals surface area contributed by atoms with E-state index in [1.54, 1.807) is 0 Å². The first kappa shape index (κ1) is 16.8. The number of anilines is 2. The van der Waals surface area contributed by atoms with E-state index in [9.17, 15) is 13.6 Å². The summed E-state index contributed by atoms with van der Waals surface area (Å²) in [5.74, 6) is -1.13. The van der Waals surface area contributed by atoms with Crippen LogP contribution in [0.1, 0.15) is 24.2 Å². The van der Waals surface area contributed by atoms with Crippen LogP contribution in [-0.4, -0.2) is 22.4 Å². The standard InChI is InChI=1S/C16H18F2N4O/c1-10-8-11(2)21-16(20-10)19-7-3-4-15(23)22-14-9-12(17)5-6-13(14)18/h5-6,8-9H,3-4,7H2,1-2H3,(H,22,23)(H,19,20,21). The molecule has 0 spiro atoms. The Kier molecular flexibility index (Phi) is 5.56. The maximum absolute atomic E-state index is 13.4. The fourth-order valence-electron chi connectivity index (χ4n) is 2.06. The zero-order chi connectivity index (χ0) is 16.8. The van der Waals surface area contributed by atoms with Gasteiger partial charge in [-0.3, -0.25) is 4.79 Å². The number of hydrogen-bond acceptors (Lipinski definition) is 4. The molecule has 0 radical (unpaired) electrons. The second-order valence-corrected chi connectivity index (χ2v) is 5.18. The van der Waals surface area contributed by atoms with Crippen molar-refractivity contribution in [1.29, 1.82) is 0 Å². The van der Waals surface area contributed by atoms with Gasteiger partial charge in [0, 0.05) is 30.4 Å². The first-order valence-electron chi connectivity index (χ1n) is 7.25. The number of nitrogens with one attached hydrogen (secondary N) is 2. The second-order valence-electron chi connectivity index (χ2n) is 5.18. The first-order valence-corrected chi connectivity index (χ1v) is 7.25. The van der Waals surface area contributed by atoms with E-state index in [2.05, 4.69) is 20.6 Å². The molecule has 23 heavy (non-hydrogen) atoms. The van der Waals surface area contributed by atoms with Crippen molar-refractivity contribution in [2.24, 2.45) is 0 Å². The van der Waals surface area contributed by atoms with E-state index in [0.29, 0.717) is 18.9 Å². The van der Waals surface area contributed by atoms with Crippen molar-refractivity contribution >= 4 is 17.5 Å². The van der Waals surface area contributed by atoms with Gasteiger partial charge in [0.25, 0.3) is 0 Å². The number of aryl methyl sites for hydroxylation is 2. The summed E-state index contributed by atoms with van der Waals surface area (Å²) < 4.78 is 26.4. The third kappa shape index (κ3) is 5.28. The highest BCUT2D eigenvalue weighted by molar-refractivity contribution is 5.90. The van der Waals surface area contributed by atoms with Crippen molar-refractivity contribution in [2.45, 2.75) is 26.7 Å². The smallest absolute Gasteiger partial charge is 0.224 e. The van der Waals surface area contributed by atoms with Gasteiger partial charge >= 0.3 is 0 Å². The number of halogens is 2. The zero-order valence-electron chi connectivity index (χ0n) is 13.0. The minimum Gasteiger partial charge on any atom is -0.354 e. The van der Waals surface area contributed by atoms with E-state index in [4.69, 9.17) is 0 Å². The SMILES string of the molecule is Cc1cc(C)nc(NCCCC(=O)Nc2cc(F)ccc2F)n1. The molecule has 2 rings (SSSR count). The van der Waals surface area contributed by atoms with E-state index in [-0.39, 0.29) is 18.0 Å². The molecule has 1 aromatic carbocycles. The molecule has 0 aliphatic carbocycles. The fourth-order valence-corrected chi connectivity index (χ4v) is 2.06. The van der Waals surface area contributed by atoms with E-state index in [0.717, 1.165) is 29.6 Å². The van der Waals surface area contributed by atoms with Crippen molar-refractivity contribution in [1.82, 2.24) is 9.97 Å². The van der Waals surface area contributed by atoms with Crippen LogP contribution in [0.4, 0.5) is 20.4 Å². The fraction of sp³-hybridized carbons (Fsp3) is 0.312. The molecular weight excluding hydrogens is 302 g/mol. The number of hydrogen-bond donors (Lipinski definition) is 2. The predicted molar refractivity (Wildman–Crippen MR) is 84.2 cm³/mol. The lowest BCUT2D eigenvalue weighted by molar-refractivity contribution is -0.116. The average Bonchev–Trinajstić information content (AvgIpc) is 2.46. The van der Waals surface area contributed by atoms with Crippen molar-refractivity contribution < 1.29 is 13.6 Å². The van der Waals surface area contributed by atoms with Gasteiger partial charge in [-0.2, -0.15) is 0 Å². The van der Waals surface area contributed by atoms with E-state index in [1.807, 2.05) is 19.9 Å². The van der Waals surface area contributed by atoms with Crippen molar-refractivity contribution in [2.75, 3.05) is 17.2 Å². The molecule has 0 saturated heterocycles. The van der Waals surface area contributed by atoms with Crippen molar-refractivity contribution in [3.05, 3.63) is 47.3 Å². The topological polar surface area (TPSA) is 66.9 Å². The van der Waals surface area contributed by atoms with Gasteiger partial charge in [0.05, 0.1) is 5.69 Å².